The van der Waals surface area contributed by atoms with Gasteiger partial charge in [0.05, 0.1) is 22.3 Å². The molecule has 0 saturated heterocycles. The van der Waals surface area contributed by atoms with Crippen LogP contribution in [-0.4, -0.2) is 49.2 Å². The fraction of sp³-hybridized carbons (Fsp3) is 0.478. The topological polar surface area (TPSA) is 121 Å². The van der Waals surface area contributed by atoms with Crippen LogP contribution in [-0.2, 0) is 66.6 Å². The van der Waals surface area contributed by atoms with Crippen LogP contribution < -0.4 is 0 Å². The second-order valence-corrected chi connectivity index (χ2v) is 25.0. The summed E-state index contributed by atoms with van der Waals surface area (Å²) in [7, 11) is 0. The van der Waals surface area contributed by atoms with E-state index in [1.54, 1.807) is 0 Å². The summed E-state index contributed by atoms with van der Waals surface area (Å²) in [6, 6.07) is 9.14. The van der Waals surface area contributed by atoms with Crippen molar-refractivity contribution in [2.24, 2.45) is 0 Å². The Hall–Kier alpha value is -7.35. The standard InChI is InChI=1S/C27H37F3O2.C23H29F3O2.C19H9F15O2/c1-14(2)20-10-18(11-21(15(3)4)24(20)31)26(9,27(28,29)30)19-12-22(16(5)6)25(32)23(13-19)17(7)8;1-6-14-10-18(11-15(7-2)20(14)27)22(5,23(24,25)26)19-12-16(8-3)21(28)17(9-4)13-19;1-14(19(32,33)34,6-2-8(15(20,21)22)12(35)9(3-6)16(23,24)25)7-4-10(17(26,27)28)13(36)11(5-7)18(29,30)31/h10-17,31-32H,1-9H3;10-13,27-28H,6-9H2,1-5H3;2-5,35-36H,1H3. The molecular weight excluding hydrogens is 1320 g/mol. The van der Waals surface area contributed by atoms with Gasteiger partial charge < -0.3 is 30.6 Å². The summed E-state index contributed by atoms with van der Waals surface area (Å²) in [5.74, 6) is -5.39. The first-order valence-electron chi connectivity index (χ1n) is 30.0. The van der Waals surface area contributed by atoms with Crippen molar-refractivity contribution in [2.45, 2.75) is 213 Å². The van der Waals surface area contributed by atoms with E-state index in [0.29, 0.717) is 70.2 Å². The summed E-state index contributed by atoms with van der Waals surface area (Å²) >= 11 is 0. The molecule has 6 nitrogen and oxygen atoms in total. The number of aryl methyl sites for hydroxylation is 4. The van der Waals surface area contributed by atoms with Gasteiger partial charge in [0.2, 0.25) is 0 Å². The molecule has 534 valence electrons. The zero-order valence-electron chi connectivity index (χ0n) is 54.7. The van der Waals surface area contributed by atoms with Gasteiger partial charge in [0.1, 0.15) is 50.7 Å². The third-order valence-electron chi connectivity index (χ3n) is 17.5. The van der Waals surface area contributed by atoms with Crippen LogP contribution in [0.4, 0.5) is 92.2 Å². The van der Waals surface area contributed by atoms with Crippen LogP contribution in [0.25, 0.3) is 0 Å². The van der Waals surface area contributed by atoms with E-state index in [0.717, 1.165) is 0 Å². The van der Waals surface area contributed by atoms with Gasteiger partial charge in [-0.25, -0.2) is 0 Å². The Morgan fingerprint density at radius 2 is 0.406 bits per heavy atom. The van der Waals surface area contributed by atoms with Gasteiger partial charge in [-0.3, -0.25) is 0 Å². The largest absolute Gasteiger partial charge is 0.507 e. The van der Waals surface area contributed by atoms with Crippen molar-refractivity contribution in [3.8, 4) is 34.5 Å². The van der Waals surface area contributed by atoms with Gasteiger partial charge >= 0.3 is 43.2 Å². The number of hydrogen-bond acceptors (Lipinski definition) is 6. The van der Waals surface area contributed by atoms with Gasteiger partial charge in [-0.1, -0.05) is 132 Å². The molecular formula is C69H75F21O6. The lowest BCUT2D eigenvalue weighted by Crippen LogP contribution is -2.41. The smallest absolute Gasteiger partial charge is 0.419 e. The molecule has 0 heterocycles. The Morgan fingerprint density at radius 1 is 0.250 bits per heavy atom. The van der Waals surface area contributed by atoms with Crippen LogP contribution in [0.2, 0.25) is 0 Å². The predicted molar refractivity (Wildman–Crippen MR) is 320 cm³/mol. The molecule has 0 aliphatic carbocycles. The minimum atomic E-state index is -6.11. The predicted octanol–water partition coefficient (Wildman–Crippen LogP) is 22.7. The molecule has 96 heavy (non-hydrogen) atoms. The van der Waals surface area contributed by atoms with Crippen LogP contribution in [0.3, 0.4) is 0 Å². The Labute approximate surface area is 541 Å². The minimum Gasteiger partial charge on any atom is -0.507 e. The molecule has 6 aromatic rings. The molecule has 0 radical (unpaired) electrons. The first-order valence-corrected chi connectivity index (χ1v) is 30.0. The van der Waals surface area contributed by atoms with Crippen molar-refractivity contribution in [1.82, 2.24) is 0 Å². The zero-order valence-corrected chi connectivity index (χ0v) is 54.7. The summed E-state index contributed by atoms with van der Waals surface area (Å²) < 4.78 is 289. The third kappa shape index (κ3) is 15.9. The zero-order chi connectivity index (χ0) is 74.5. The molecule has 0 amide bonds. The highest BCUT2D eigenvalue weighted by Crippen LogP contribution is 2.56. The Morgan fingerprint density at radius 3 is 0.542 bits per heavy atom. The highest BCUT2D eigenvalue weighted by atomic mass is 19.4. The maximum atomic E-state index is 14.9. The normalized spacial score (nSPS) is 13.4. The molecule has 0 fully saturated rings. The molecule has 6 aromatic carbocycles. The van der Waals surface area contributed by atoms with Gasteiger partial charge in [-0.05, 0) is 172 Å². The monoisotopic (exact) mass is 1400 g/mol. The molecule has 0 aliphatic heterocycles. The summed E-state index contributed by atoms with van der Waals surface area (Å²) in [5, 5.41) is 61.0. The lowest BCUT2D eigenvalue weighted by Gasteiger charge is -2.36. The molecule has 6 N–H and O–H groups in total. The summed E-state index contributed by atoms with van der Waals surface area (Å²) in [5.41, 5.74) is -19.4. The van der Waals surface area contributed by atoms with Gasteiger partial charge in [0, 0.05) is 0 Å². The first-order chi connectivity index (χ1) is 43.3. The highest BCUT2D eigenvalue weighted by Gasteiger charge is 2.59. The number of aromatic hydroxyl groups is 6. The van der Waals surface area contributed by atoms with Gasteiger partial charge in [0.25, 0.3) is 0 Å². The molecule has 0 aromatic heterocycles. The number of rotatable bonds is 14. The number of benzene rings is 6. The fourth-order valence-corrected chi connectivity index (χ4v) is 11.1. The van der Waals surface area contributed by atoms with Gasteiger partial charge in [-0.2, -0.15) is 92.2 Å². The van der Waals surface area contributed by atoms with Crippen LogP contribution in [0.15, 0.2) is 72.8 Å². The van der Waals surface area contributed by atoms with Gasteiger partial charge in [0.15, 0.2) is 0 Å². The van der Waals surface area contributed by atoms with Crippen LogP contribution in [0.5, 0.6) is 34.5 Å². The molecule has 0 spiro atoms. The van der Waals surface area contributed by atoms with E-state index >= 15 is 0 Å². The van der Waals surface area contributed by atoms with Crippen molar-refractivity contribution in [3.63, 3.8) is 0 Å². The number of halogens is 21. The molecule has 0 unspecified atom stereocenters. The Kier molecular flexibility index (Phi) is 23.9. The van der Waals surface area contributed by atoms with Crippen molar-refractivity contribution in [3.05, 3.63) is 173 Å². The summed E-state index contributed by atoms with van der Waals surface area (Å²) in [4.78, 5) is 0. The highest BCUT2D eigenvalue weighted by molar-refractivity contribution is 5.59. The quantitative estimate of drug-likeness (QED) is 0.0605. The second kappa shape index (κ2) is 28.2. The minimum absolute atomic E-state index is 0.0692. The Balaban J connectivity index is 0.000000309. The molecule has 27 heteroatoms. The summed E-state index contributed by atoms with van der Waals surface area (Å²) in [6.07, 6.45) is -37.2. The second-order valence-electron chi connectivity index (χ2n) is 25.0. The Bertz CT molecular complexity index is 3350. The average Bonchev–Trinajstić information content (AvgIpc) is 0.741. The molecule has 0 saturated carbocycles. The van der Waals surface area contributed by atoms with E-state index in [1.807, 2.05) is 83.1 Å². The number of phenols is 6. The van der Waals surface area contributed by atoms with Crippen LogP contribution in [0, 0.1) is 0 Å². The third-order valence-corrected chi connectivity index (χ3v) is 17.5. The number of hydrogen-bond donors (Lipinski definition) is 6. The van der Waals surface area contributed by atoms with Gasteiger partial charge in [-0.15, -0.1) is 0 Å². The van der Waals surface area contributed by atoms with E-state index in [-0.39, 0.29) is 75.8 Å². The lowest BCUT2D eigenvalue weighted by atomic mass is 9.71. The lowest BCUT2D eigenvalue weighted by molar-refractivity contribution is -0.175. The number of phenolic OH excluding ortho intramolecular Hbond substituents is 6. The maximum absolute atomic E-state index is 14.9. The van der Waals surface area contributed by atoms with E-state index in [9.17, 15) is 123 Å². The molecule has 0 atom stereocenters. The van der Waals surface area contributed by atoms with Crippen LogP contribution >= 0.6 is 0 Å². The summed E-state index contributed by atoms with van der Waals surface area (Å²) in [6.45, 7) is 24.3. The number of alkyl halides is 21. The SMILES string of the molecule is CC(C)c1cc(C(C)(c2cc(C(C)C)c(O)c(C(C)C)c2)C(F)(F)F)cc(C(C)C)c1O.CC(c1cc(C(F)(F)F)c(O)c(C(F)(F)F)c1)(c1cc(C(F)(F)F)c(O)c(C(F)(F)F)c1)C(F)(F)F.CCc1cc(C(C)(c2cc(CC)c(O)c(CC)c2)C(F)(F)F)cc(CC)c1O. The molecule has 6 rings (SSSR count). The molecule has 0 bridgehead atoms. The first kappa shape index (κ1) is 81.1. The van der Waals surface area contributed by atoms with Crippen LogP contribution in [0.1, 0.15) is 228 Å². The van der Waals surface area contributed by atoms with E-state index in [2.05, 4.69) is 0 Å². The van der Waals surface area contributed by atoms with Crippen molar-refractivity contribution >= 4 is 0 Å². The van der Waals surface area contributed by atoms with Crippen molar-refractivity contribution < 1.29 is 123 Å². The van der Waals surface area contributed by atoms with Crippen molar-refractivity contribution in [1.29, 1.82) is 0 Å². The van der Waals surface area contributed by atoms with E-state index in [1.165, 1.54) is 62.4 Å². The average molecular weight is 1400 g/mol. The fourth-order valence-electron chi connectivity index (χ4n) is 11.1. The van der Waals surface area contributed by atoms with E-state index < -0.39 is 129 Å². The molecule has 0 aliphatic rings. The van der Waals surface area contributed by atoms with E-state index in [4.69, 9.17) is 0 Å². The van der Waals surface area contributed by atoms with Crippen molar-refractivity contribution in [2.75, 3.05) is 0 Å². The maximum Gasteiger partial charge on any atom is 0.419 e.